The number of nitrogens with two attached hydrogens (primary N) is 1. The maximum Gasteiger partial charge on any atom is 0.165 e. The van der Waals surface area contributed by atoms with Crippen molar-refractivity contribution in [2.75, 3.05) is 7.11 Å². The molecule has 1 aromatic carbocycles. The lowest BCUT2D eigenvalue weighted by Gasteiger charge is -2.14. The minimum atomic E-state index is -0.411. The van der Waals surface area contributed by atoms with Crippen LogP contribution in [-0.2, 0) is 0 Å². The van der Waals surface area contributed by atoms with Crippen LogP contribution in [0.2, 0.25) is 0 Å². The molecule has 2 aromatic rings. The van der Waals surface area contributed by atoms with E-state index in [1.54, 1.807) is 30.5 Å². The zero-order chi connectivity index (χ0) is 12.3. The number of hydrogen-bond donors (Lipinski definition) is 2. The molecule has 0 aliphatic heterocycles. The molecule has 0 aliphatic carbocycles. The zero-order valence-corrected chi connectivity index (χ0v) is 9.31. The molecule has 0 saturated heterocycles. The van der Waals surface area contributed by atoms with Gasteiger partial charge in [0.2, 0.25) is 0 Å². The first kappa shape index (κ1) is 11.6. The topological polar surface area (TPSA) is 60.4 Å². The van der Waals surface area contributed by atoms with Gasteiger partial charge in [0.05, 0.1) is 13.4 Å². The molecule has 1 heterocycles. The molecular formula is C12H13FN2O2. The third-order valence-electron chi connectivity index (χ3n) is 2.50. The summed E-state index contributed by atoms with van der Waals surface area (Å²) in [4.78, 5) is 0. The van der Waals surface area contributed by atoms with Crippen LogP contribution >= 0.6 is 0 Å². The highest BCUT2D eigenvalue weighted by atomic mass is 19.1. The second kappa shape index (κ2) is 4.99. The Balaban J connectivity index is 2.38. The molecule has 0 spiro atoms. The van der Waals surface area contributed by atoms with E-state index >= 15 is 0 Å². The molecule has 0 bridgehead atoms. The minimum Gasteiger partial charge on any atom is -0.494 e. The van der Waals surface area contributed by atoms with Gasteiger partial charge in [-0.3, -0.25) is 5.84 Å². The molecule has 0 fully saturated rings. The molecule has 3 N–H and O–H groups in total. The summed E-state index contributed by atoms with van der Waals surface area (Å²) in [5.74, 6) is 5.90. The summed E-state index contributed by atoms with van der Waals surface area (Å²) in [6.07, 6.45) is 1.56. The van der Waals surface area contributed by atoms with Crippen molar-refractivity contribution in [3.05, 3.63) is 53.7 Å². The summed E-state index contributed by atoms with van der Waals surface area (Å²) in [7, 11) is 1.42. The van der Waals surface area contributed by atoms with Crippen molar-refractivity contribution >= 4 is 0 Å². The Hall–Kier alpha value is -1.85. The monoisotopic (exact) mass is 236 g/mol. The van der Waals surface area contributed by atoms with E-state index in [4.69, 9.17) is 15.0 Å². The fourth-order valence-corrected chi connectivity index (χ4v) is 1.65. The smallest absolute Gasteiger partial charge is 0.165 e. The Morgan fingerprint density at radius 1 is 1.41 bits per heavy atom. The molecule has 1 aromatic heterocycles. The SMILES string of the molecule is COc1cc(C(NN)c2ccco2)ccc1F. The van der Waals surface area contributed by atoms with Gasteiger partial charge in [0.1, 0.15) is 11.8 Å². The lowest BCUT2D eigenvalue weighted by molar-refractivity contribution is 0.384. The standard InChI is InChI=1S/C12H13FN2O2/c1-16-11-7-8(4-5-9(11)13)12(15-14)10-3-2-6-17-10/h2-7,12,15H,14H2,1H3. The summed E-state index contributed by atoms with van der Waals surface area (Å²) in [5, 5.41) is 0. The van der Waals surface area contributed by atoms with Gasteiger partial charge in [0.15, 0.2) is 11.6 Å². The molecule has 0 aliphatic rings. The van der Waals surface area contributed by atoms with E-state index in [9.17, 15) is 4.39 Å². The quantitative estimate of drug-likeness (QED) is 0.629. The van der Waals surface area contributed by atoms with Crippen molar-refractivity contribution in [3.8, 4) is 5.75 Å². The summed E-state index contributed by atoms with van der Waals surface area (Å²) >= 11 is 0. The zero-order valence-electron chi connectivity index (χ0n) is 9.31. The highest BCUT2D eigenvalue weighted by Crippen LogP contribution is 2.26. The minimum absolute atomic E-state index is 0.175. The third kappa shape index (κ3) is 2.30. The Morgan fingerprint density at radius 3 is 2.82 bits per heavy atom. The van der Waals surface area contributed by atoms with E-state index < -0.39 is 5.82 Å². The van der Waals surface area contributed by atoms with Crippen LogP contribution < -0.4 is 16.0 Å². The average Bonchev–Trinajstić information content (AvgIpc) is 2.86. The van der Waals surface area contributed by atoms with Crippen molar-refractivity contribution in [2.24, 2.45) is 5.84 Å². The van der Waals surface area contributed by atoms with Gasteiger partial charge in [-0.25, -0.2) is 9.82 Å². The van der Waals surface area contributed by atoms with E-state index in [2.05, 4.69) is 5.43 Å². The maximum atomic E-state index is 13.3. The van der Waals surface area contributed by atoms with Gasteiger partial charge < -0.3 is 9.15 Å². The van der Waals surface area contributed by atoms with Crippen molar-refractivity contribution in [2.45, 2.75) is 6.04 Å². The molecule has 2 rings (SSSR count). The number of ether oxygens (including phenoxy) is 1. The van der Waals surface area contributed by atoms with Gasteiger partial charge in [-0.1, -0.05) is 6.07 Å². The lowest BCUT2D eigenvalue weighted by Crippen LogP contribution is -2.28. The average molecular weight is 236 g/mol. The first-order valence-electron chi connectivity index (χ1n) is 5.09. The number of methoxy groups -OCH3 is 1. The summed E-state index contributed by atoms with van der Waals surface area (Å²) < 4.78 is 23.5. The summed E-state index contributed by atoms with van der Waals surface area (Å²) in [6, 6.07) is 7.77. The molecule has 0 radical (unpaired) electrons. The Kier molecular flexibility index (Phi) is 3.41. The maximum absolute atomic E-state index is 13.3. The second-order valence-electron chi connectivity index (χ2n) is 3.51. The fourth-order valence-electron chi connectivity index (χ4n) is 1.65. The van der Waals surface area contributed by atoms with Crippen LogP contribution in [0.4, 0.5) is 4.39 Å². The predicted molar refractivity (Wildman–Crippen MR) is 60.8 cm³/mol. The van der Waals surface area contributed by atoms with Crippen LogP contribution in [0.1, 0.15) is 17.4 Å². The summed E-state index contributed by atoms with van der Waals surface area (Å²) in [5.41, 5.74) is 3.38. The van der Waals surface area contributed by atoms with E-state index in [0.29, 0.717) is 5.76 Å². The van der Waals surface area contributed by atoms with Crippen molar-refractivity contribution < 1.29 is 13.5 Å². The van der Waals surface area contributed by atoms with Crippen molar-refractivity contribution in [3.63, 3.8) is 0 Å². The molecule has 5 heteroatoms. The molecule has 1 unspecified atom stereocenters. The van der Waals surface area contributed by atoms with Crippen LogP contribution in [0.3, 0.4) is 0 Å². The van der Waals surface area contributed by atoms with E-state index in [-0.39, 0.29) is 11.8 Å². The first-order valence-corrected chi connectivity index (χ1v) is 5.09. The van der Waals surface area contributed by atoms with Gasteiger partial charge in [-0.15, -0.1) is 0 Å². The summed E-state index contributed by atoms with van der Waals surface area (Å²) in [6.45, 7) is 0. The number of hydrazine groups is 1. The van der Waals surface area contributed by atoms with Crippen LogP contribution in [0.25, 0.3) is 0 Å². The van der Waals surface area contributed by atoms with Gasteiger partial charge in [-0.2, -0.15) is 0 Å². The van der Waals surface area contributed by atoms with Crippen molar-refractivity contribution in [1.82, 2.24) is 5.43 Å². The van der Waals surface area contributed by atoms with Gasteiger partial charge in [0, 0.05) is 0 Å². The molecule has 0 amide bonds. The number of rotatable bonds is 4. The van der Waals surface area contributed by atoms with Crippen LogP contribution in [0.15, 0.2) is 41.0 Å². The van der Waals surface area contributed by atoms with Crippen LogP contribution in [0, 0.1) is 5.82 Å². The lowest BCUT2D eigenvalue weighted by atomic mass is 10.0. The number of furan rings is 1. The Labute approximate surface area is 98.2 Å². The van der Waals surface area contributed by atoms with E-state index in [0.717, 1.165) is 5.56 Å². The van der Waals surface area contributed by atoms with E-state index in [1.165, 1.54) is 13.2 Å². The highest BCUT2D eigenvalue weighted by Gasteiger charge is 2.16. The molecule has 17 heavy (non-hydrogen) atoms. The normalized spacial score (nSPS) is 12.4. The van der Waals surface area contributed by atoms with Gasteiger partial charge >= 0.3 is 0 Å². The molecule has 90 valence electrons. The number of nitrogens with one attached hydrogen (secondary N) is 1. The van der Waals surface area contributed by atoms with Crippen LogP contribution in [0.5, 0.6) is 5.75 Å². The number of hydrogen-bond acceptors (Lipinski definition) is 4. The van der Waals surface area contributed by atoms with Gasteiger partial charge in [0.25, 0.3) is 0 Å². The third-order valence-corrected chi connectivity index (χ3v) is 2.50. The Morgan fingerprint density at radius 2 is 2.24 bits per heavy atom. The highest BCUT2D eigenvalue weighted by molar-refractivity contribution is 5.35. The van der Waals surface area contributed by atoms with Crippen LogP contribution in [-0.4, -0.2) is 7.11 Å². The van der Waals surface area contributed by atoms with Gasteiger partial charge in [-0.05, 0) is 29.8 Å². The first-order chi connectivity index (χ1) is 8.26. The molecule has 4 nitrogen and oxygen atoms in total. The molecule has 1 atom stereocenters. The Bertz CT molecular complexity index is 485. The number of benzene rings is 1. The molecule has 0 saturated carbocycles. The van der Waals surface area contributed by atoms with Crippen molar-refractivity contribution in [1.29, 1.82) is 0 Å². The molecular weight excluding hydrogens is 223 g/mol. The number of halogens is 1. The van der Waals surface area contributed by atoms with E-state index in [1.807, 2.05) is 0 Å². The second-order valence-corrected chi connectivity index (χ2v) is 3.51. The fraction of sp³-hybridized carbons (Fsp3) is 0.167. The predicted octanol–water partition coefficient (Wildman–Crippen LogP) is 1.98. The largest absolute Gasteiger partial charge is 0.494 e.